The largest absolute Gasteiger partial charge is 0.493 e. The van der Waals surface area contributed by atoms with Crippen LogP contribution in [0, 0.1) is 0 Å². The summed E-state index contributed by atoms with van der Waals surface area (Å²) < 4.78 is 10.5. The van der Waals surface area contributed by atoms with Gasteiger partial charge in [0.25, 0.3) is 5.91 Å². The van der Waals surface area contributed by atoms with Gasteiger partial charge in [0.15, 0.2) is 11.5 Å². The number of benzene rings is 2. The second-order valence-electron chi connectivity index (χ2n) is 6.48. The quantitative estimate of drug-likeness (QED) is 0.788. The van der Waals surface area contributed by atoms with Gasteiger partial charge < -0.3 is 14.4 Å². The predicted octanol–water partition coefficient (Wildman–Crippen LogP) is 3.18. The average molecular weight is 366 g/mol. The molecule has 5 heteroatoms. The number of hydrogen-bond acceptors (Lipinski definition) is 4. The maximum atomic E-state index is 12.8. The number of rotatable bonds is 6. The second kappa shape index (κ2) is 9.24. The molecule has 1 amide bonds. The van der Waals surface area contributed by atoms with E-state index in [4.69, 9.17) is 9.47 Å². The van der Waals surface area contributed by atoms with Crippen molar-refractivity contribution in [1.29, 1.82) is 0 Å². The number of amides is 1. The molecule has 0 bridgehead atoms. The smallest absolute Gasteiger partial charge is 0.254 e. The summed E-state index contributed by atoms with van der Waals surface area (Å²) >= 11 is 0. The maximum Gasteiger partial charge on any atom is 0.254 e. The molecule has 0 N–H and O–H groups in total. The van der Waals surface area contributed by atoms with Gasteiger partial charge in [0.1, 0.15) is 0 Å². The summed E-state index contributed by atoms with van der Waals surface area (Å²) in [4.78, 5) is 17.0. The van der Waals surface area contributed by atoms with Crippen molar-refractivity contribution in [2.75, 3.05) is 46.9 Å². The van der Waals surface area contributed by atoms with E-state index in [2.05, 4.69) is 29.2 Å². The summed E-state index contributed by atoms with van der Waals surface area (Å²) in [6.07, 6.45) is 4.32. The highest BCUT2D eigenvalue weighted by atomic mass is 16.5. The molecule has 0 unspecified atom stereocenters. The average Bonchev–Trinajstić information content (AvgIpc) is 2.74. The first-order chi connectivity index (χ1) is 13.2. The highest BCUT2D eigenvalue weighted by molar-refractivity contribution is 5.95. The van der Waals surface area contributed by atoms with Crippen LogP contribution in [0.2, 0.25) is 0 Å². The fraction of sp³-hybridized carbons (Fsp3) is 0.318. The van der Waals surface area contributed by atoms with Crippen LogP contribution in [-0.2, 0) is 0 Å². The van der Waals surface area contributed by atoms with Gasteiger partial charge >= 0.3 is 0 Å². The summed E-state index contributed by atoms with van der Waals surface area (Å²) in [5.41, 5.74) is 1.84. The molecule has 2 aromatic carbocycles. The van der Waals surface area contributed by atoms with E-state index in [0.717, 1.165) is 32.7 Å². The highest BCUT2D eigenvalue weighted by Crippen LogP contribution is 2.28. The van der Waals surface area contributed by atoms with Gasteiger partial charge in [0.2, 0.25) is 0 Å². The first kappa shape index (κ1) is 19.0. The minimum Gasteiger partial charge on any atom is -0.493 e. The van der Waals surface area contributed by atoms with Crippen molar-refractivity contribution in [1.82, 2.24) is 9.80 Å². The fourth-order valence-electron chi connectivity index (χ4n) is 3.19. The van der Waals surface area contributed by atoms with E-state index in [1.165, 1.54) is 5.56 Å². The van der Waals surface area contributed by atoms with Crippen LogP contribution in [0.5, 0.6) is 11.5 Å². The van der Waals surface area contributed by atoms with Crippen LogP contribution in [0.1, 0.15) is 15.9 Å². The summed E-state index contributed by atoms with van der Waals surface area (Å²) in [5, 5.41) is 0. The summed E-state index contributed by atoms with van der Waals surface area (Å²) in [7, 11) is 3.17. The van der Waals surface area contributed by atoms with Crippen molar-refractivity contribution in [3.63, 3.8) is 0 Å². The SMILES string of the molecule is COc1ccc(C(=O)N2CCN(C/C=C/c3ccccc3)CC2)cc1OC. The van der Waals surface area contributed by atoms with Crippen molar-refractivity contribution in [2.45, 2.75) is 0 Å². The molecule has 5 nitrogen and oxygen atoms in total. The van der Waals surface area contributed by atoms with Crippen molar-refractivity contribution in [3.8, 4) is 11.5 Å². The van der Waals surface area contributed by atoms with Gasteiger partial charge in [-0.2, -0.15) is 0 Å². The van der Waals surface area contributed by atoms with Gasteiger partial charge in [-0.3, -0.25) is 9.69 Å². The Morgan fingerprint density at radius 1 is 0.963 bits per heavy atom. The molecule has 0 saturated carbocycles. The molecule has 142 valence electrons. The Morgan fingerprint density at radius 3 is 2.33 bits per heavy atom. The van der Waals surface area contributed by atoms with Crippen molar-refractivity contribution in [2.24, 2.45) is 0 Å². The van der Waals surface area contributed by atoms with Gasteiger partial charge in [-0.1, -0.05) is 42.5 Å². The molecule has 1 aliphatic rings. The third-order valence-corrected chi connectivity index (χ3v) is 4.76. The molecule has 2 aromatic rings. The van der Waals surface area contributed by atoms with E-state index < -0.39 is 0 Å². The zero-order valence-electron chi connectivity index (χ0n) is 15.9. The number of methoxy groups -OCH3 is 2. The third-order valence-electron chi connectivity index (χ3n) is 4.76. The molecule has 3 rings (SSSR count). The second-order valence-corrected chi connectivity index (χ2v) is 6.48. The molecule has 1 saturated heterocycles. The monoisotopic (exact) mass is 366 g/mol. The molecular weight excluding hydrogens is 340 g/mol. The van der Waals surface area contributed by atoms with Gasteiger partial charge in [-0.15, -0.1) is 0 Å². The lowest BCUT2D eigenvalue weighted by molar-refractivity contribution is 0.0650. The molecule has 0 aromatic heterocycles. The minimum absolute atomic E-state index is 0.0374. The Balaban J connectivity index is 1.53. The van der Waals surface area contributed by atoms with E-state index in [-0.39, 0.29) is 5.91 Å². The van der Waals surface area contributed by atoms with E-state index >= 15 is 0 Å². The zero-order chi connectivity index (χ0) is 19.1. The molecule has 1 aliphatic heterocycles. The Kier molecular flexibility index (Phi) is 6.49. The molecule has 1 heterocycles. The predicted molar refractivity (Wildman–Crippen MR) is 107 cm³/mol. The first-order valence-electron chi connectivity index (χ1n) is 9.16. The number of piperazine rings is 1. The normalized spacial score (nSPS) is 15.1. The Hall–Kier alpha value is -2.79. The highest BCUT2D eigenvalue weighted by Gasteiger charge is 2.22. The zero-order valence-corrected chi connectivity index (χ0v) is 15.9. The number of ether oxygens (including phenoxy) is 2. The summed E-state index contributed by atoms with van der Waals surface area (Å²) in [6.45, 7) is 4.10. The van der Waals surface area contributed by atoms with Crippen LogP contribution in [0.15, 0.2) is 54.6 Å². The third kappa shape index (κ3) is 4.89. The van der Waals surface area contributed by atoms with Crippen LogP contribution in [0.3, 0.4) is 0 Å². The van der Waals surface area contributed by atoms with Crippen LogP contribution in [-0.4, -0.2) is 62.7 Å². The Labute approximate surface area is 160 Å². The van der Waals surface area contributed by atoms with Crippen molar-refractivity contribution < 1.29 is 14.3 Å². The van der Waals surface area contributed by atoms with Gasteiger partial charge in [-0.25, -0.2) is 0 Å². The molecule has 1 fully saturated rings. The van der Waals surface area contributed by atoms with Crippen LogP contribution < -0.4 is 9.47 Å². The molecule has 27 heavy (non-hydrogen) atoms. The Morgan fingerprint density at radius 2 is 1.67 bits per heavy atom. The Bertz CT molecular complexity index is 781. The molecule has 0 aliphatic carbocycles. The topological polar surface area (TPSA) is 42.0 Å². The van der Waals surface area contributed by atoms with Gasteiger partial charge in [0.05, 0.1) is 14.2 Å². The summed E-state index contributed by atoms with van der Waals surface area (Å²) in [5.74, 6) is 1.24. The van der Waals surface area contributed by atoms with Crippen molar-refractivity contribution >= 4 is 12.0 Å². The van der Waals surface area contributed by atoms with Crippen LogP contribution >= 0.6 is 0 Å². The van der Waals surface area contributed by atoms with Crippen molar-refractivity contribution in [3.05, 3.63) is 65.7 Å². The number of carbonyl (C=O) groups is 1. The fourth-order valence-corrected chi connectivity index (χ4v) is 3.19. The van der Waals surface area contributed by atoms with Crippen LogP contribution in [0.4, 0.5) is 0 Å². The number of carbonyl (C=O) groups excluding carboxylic acids is 1. The van der Waals surface area contributed by atoms with E-state index in [1.807, 2.05) is 23.1 Å². The van der Waals surface area contributed by atoms with Crippen LogP contribution in [0.25, 0.3) is 6.08 Å². The molecule has 0 radical (unpaired) electrons. The molecule has 0 spiro atoms. The van der Waals surface area contributed by atoms with Gasteiger partial charge in [-0.05, 0) is 23.8 Å². The first-order valence-corrected chi connectivity index (χ1v) is 9.16. The van der Waals surface area contributed by atoms with Gasteiger partial charge in [0, 0.05) is 38.3 Å². The lowest BCUT2D eigenvalue weighted by Gasteiger charge is -2.34. The summed E-state index contributed by atoms with van der Waals surface area (Å²) in [6, 6.07) is 15.6. The lowest BCUT2D eigenvalue weighted by atomic mass is 10.1. The minimum atomic E-state index is 0.0374. The number of hydrogen-bond donors (Lipinski definition) is 0. The lowest BCUT2D eigenvalue weighted by Crippen LogP contribution is -2.48. The molecular formula is C22H26N2O3. The van der Waals surface area contributed by atoms with E-state index in [0.29, 0.717) is 17.1 Å². The standard InChI is InChI=1S/C22H26N2O3/c1-26-20-11-10-19(17-21(20)27-2)22(25)24-15-13-23(14-16-24)12-6-9-18-7-4-3-5-8-18/h3-11,17H,12-16H2,1-2H3/b9-6+. The van der Waals surface area contributed by atoms with E-state index in [1.54, 1.807) is 32.4 Å². The van der Waals surface area contributed by atoms with E-state index in [9.17, 15) is 4.79 Å². The number of nitrogens with zero attached hydrogens (tertiary/aromatic N) is 2. The molecule has 0 atom stereocenters. The maximum absolute atomic E-state index is 12.8.